The Morgan fingerprint density at radius 3 is 2.44 bits per heavy atom. The molecule has 0 N–H and O–H groups in total. The first kappa shape index (κ1) is 14.3. The Morgan fingerprint density at radius 1 is 1.17 bits per heavy atom. The van der Waals surface area contributed by atoms with Crippen molar-refractivity contribution in [2.45, 2.75) is 19.0 Å². The zero-order valence-electron chi connectivity index (χ0n) is 9.61. The number of ether oxygens (including phenoxy) is 1. The average molecular weight is 258 g/mol. The molecule has 18 heavy (non-hydrogen) atoms. The van der Waals surface area contributed by atoms with Crippen LogP contribution in [0.1, 0.15) is 12.0 Å². The maximum Gasteiger partial charge on any atom is 0.490 e. The van der Waals surface area contributed by atoms with Gasteiger partial charge in [0.1, 0.15) is 6.61 Å². The predicted octanol–water partition coefficient (Wildman–Crippen LogP) is 3.28. The number of rotatable bonds is 5. The zero-order valence-corrected chi connectivity index (χ0v) is 9.61. The van der Waals surface area contributed by atoms with Crippen LogP contribution in [-0.2, 0) is 16.0 Å². The van der Waals surface area contributed by atoms with Crippen molar-refractivity contribution >= 4 is 5.97 Å². The van der Waals surface area contributed by atoms with E-state index in [1.165, 1.54) is 6.08 Å². The van der Waals surface area contributed by atoms with E-state index in [4.69, 9.17) is 0 Å². The van der Waals surface area contributed by atoms with Gasteiger partial charge in [0.15, 0.2) is 0 Å². The van der Waals surface area contributed by atoms with Crippen LogP contribution in [0.3, 0.4) is 0 Å². The molecule has 2 nitrogen and oxygen atoms in total. The minimum atomic E-state index is -4.92. The van der Waals surface area contributed by atoms with E-state index in [0.29, 0.717) is 6.42 Å². The minimum absolute atomic E-state index is 0.354. The fourth-order valence-electron chi connectivity index (χ4n) is 1.29. The second kappa shape index (κ2) is 6.83. The highest BCUT2D eigenvalue weighted by Crippen LogP contribution is 2.16. The predicted molar refractivity (Wildman–Crippen MR) is 60.9 cm³/mol. The quantitative estimate of drug-likeness (QED) is 0.598. The number of alkyl halides is 3. The van der Waals surface area contributed by atoms with Gasteiger partial charge in [0.05, 0.1) is 0 Å². The normalized spacial score (nSPS) is 11.7. The Kier molecular flexibility index (Phi) is 5.42. The molecule has 1 aromatic carbocycles. The van der Waals surface area contributed by atoms with Crippen LogP contribution in [0.2, 0.25) is 0 Å². The standard InChI is InChI=1S/C13H13F3O2/c14-13(15,16)12(17)18-10-6-2-5-9-11-7-3-1-4-8-11/h1-4,6-8H,5,9-10H2/b6-2+. The first-order valence-corrected chi connectivity index (χ1v) is 5.43. The average Bonchev–Trinajstić information content (AvgIpc) is 2.33. The maximum atomic E-state index is 11.7. The molecule has 0 heterocycles. The lowest BCUT2D eigenvalue weighted by atomic mass is 10.1. The molecule has 0 radical (unpaired) electrons. The van der Waals surface area contributed by atoms with Crippen LogP contribution < -0.4 is 0 Å². The van der Waals surface area contributed by atoms with Crippen molar-refractivity contribution in [1.82, 2.24) is 0 Å². The lowest BCUT2D eigenvalue weighted by Crippen LogP contribution is -2.25. The van der Waals surface area contributed by atoms with Crippen LogP contribution in [0, 0.1) is 0 Å². The van der Waals surface area contributed by atoms with E-state index in [9.17, 15) is 18.0 Å². The lowest BCUT2D eigenvalue weighted by molar-refractivity contribution is -0.198. The van der Waals surface area contributed by atoms with Gasteiger partial charge in [-0.25, -0.2) is 4.79 Å². The summed E-state index contributed by atoms with van der Waals surface area (Å²) in [5.41, 5.74) is 1.15. The van der Waals surface area contributed by atoms with E-state index >= 15 is 0 Å². The molecule has 0 spiro atoms. The maximum absolute atomic E-state index is 11.7. The largest absolute Gasteiger partial charge is 0.490 e. The van der Waals surface area contributed by atoms with Gasteiger partial charge in [-0.2, -0.15) is 13.2 Å². The number of allylic oxidation sites excluding steroid dienone is 1. The van der Waals surface area contributed by atoms with Crippen molar-refractivity contribution in [3.8, 4) is 0 Å². The van der Waals surface area contributed by atoms with Crippen molar-refractivity contribution in [1.29, 1.82) is 0 Å². The Labute approximate surface area is 103 Å². The zero-order chi connectivity index (χ0) is 13.4. The summed E-state index contributed by atoms with van der Waals surface area (Å²) >= 11 is 0. The van der Waals surface area contributed by atoms with Crippen LogP contribution >= 0.6 is 0 Å². The van der Waals surface area contributed by atoms with Gasteiger partial charge in [0.2, 0.25) is 0 Å². The summed E-state index contributed by atoms with van der Waals surface area (Å²) < 4.78 is 39.2. The third kappa shape index (κ3) is 5.52. The fourth-order valence-corrected chi connectivity index (χ4v) is 1.29. The number of halogens is 3. The summed E-state index contributed by atoms with van der Waals surface area (Å²) in [5, 5.41) is 0. The molecule has 98 valence electrons. The number of benzene rings is 1. The molecule has 0 aliphatic carbocycles. The van der Waals surface area contributed by atoms with Gasteiger partial charge in [-0.3, -0.25) is 0 Å². The summed E-state index contributed by atoms with van der Waals surface area (Å²) in [6.45, 7) is -0.354. The molecular formula is C13H13F3O2. The number of aryl methyl sites for hydroxylation is 1. The molecule has 0 atom stereocenters. The number of hydrogen-bond acceptors (Lipinski definition) is 2. The highest BCUT2D eigenvalue weighted by atomic mass is 19.4. The summed E-state index contributed by atoms with van der Waals surface area (Å²) in [7, 11) is 0. The molecule has 0 saturated carbocycles. The first-order valence-electron chi connectivity index (χ1n) is 5.43. The fraction of sp³-hybridized carbons (Fsp3) is 0.308. The Balaban J connectivity index is 2.17. The Bertz CT molecular complexity index is 396. The van der Waals surface area contributed by atoms with Crippen molar-refractivity contribution in [2.24, 2.45) is 0 Å². The minimum Gasteiger partial charge on any atom is -0.455 e. The van der Waals surface area contributed by atoms with Crippen molar-refractivity contribution in [3.63, 3.8) is 0 Å². The van der Waals surface area contributed by atoms with E-state index in [1.54, 1.807) is 6.08 Å². The molecule has 0 fully saturated rings. The first-order chi connectivity index (χ1) is 8.50. The van der Waals surface area contributed by atoms with Crippen LogP contribution in [0.4, 0.5) is 13.2 Å². The Morgan fingerprint density at radius 2 is 1.83 bits per heavy atom. The smallest absolute Gasteiger partial charge is 0.455 e. The molecule has 0 unspecified atom stereocenters. The molecular weight excluding hydrogens is 245 g/mol. The number of hydrogen-bond donors (Lipinski definition) is 0. The molecule has 0 aliphatic rings. The van der Waals surface area contributed by atoms with Gasteiger partial charge in [-0.15, -0.1) is 0 Å². The summed E-state index contributed by atoms with van der Waals surface area (Å²) in [6.07, 6.45) is -0.334. The number of carbonyl (C=O) groups is 1. The molecule has 1 aromatic rings. The number of esters is 1. The third-order valence-electron chi connectivity index (χ3n) is 2.15. The van der Waals surface area contributed by atoms with Crippen LogP contribution in [-0.4, -0.2) is 18.8 Å². The molecule has 0 aliphatic heterocycles. The lowest BCUT2D eigenvalue weighted by Gasteiger charge is -2.04. The molecule has 0 amide bonds. The second-order valence-corrected chi connectivity index (χ2v) is 3.59. The number of carbonyl (C=O) groups excluding carboxylic acids is 1. The monoisotopic (exact) mass is 258 g/mol. The van der Waals surface area contributed by atoms with E-state index in [2.05, 4.69) is 4.74 Å². The van der Waals surface area contributed by atoms with Crippen LogP contribution in [0.5, 0.6) is 0 Å². The summed E-state index contributed by atoms with van der Waals surface area (Å²) in [6, 6.07) is 9.69. The van der Waals surface area contributed by atoms with E-state index in [1.807, 2.05) is 30.3 Å². The highest BCUT2D eigenvalue weighted by molar-refractivity contribution is 5.75. The van der Waals surface area contributed by atoms with Crippen molar-refractivity contribution in [3.05, 3.63) is 48.0 Å². The Hall–Kier alpha value is -1.78. The van der Waals surface area contributed by atoms with E-state index < -0.39 is 12.1 Å². The summed E-state index contributed by atoms with van der Waals surface area (Å²) in [4.78, 5) is 10.3. The van der Waals surface area contributed by atoms with E-state index in [-0.39, 0.29) is 6.61 Å². The van der Waals surface area contributed by atoms with Gasteiger partial charge in [-0.1, -0.05) is 42.5 Å². The third-order valence-corrected chi connectivity index (χ3v) is 2.15. The molecule has 5 heteroatoms. The van der Waals surface area contributed by atoms with Crippen LogP contribution in [0.25, 0.3) is 0 Å². The molecule has 0 bridgehead atoms. The molecule has 1 rings (SSSR count). The molecule has 0 aromatic heterocycles. The van der Waals surface area contributed by atoms with E-state index in [0.717, 1.165) is 12.0 Å². The van der Waals surface area contributed by atoms with Crippen molar-refractivity contribution in [2.75, 3.05) is 6.61 Å². The van der Waals surface area contributed by atoms with Gasteiger partial charge >= 0.3 is 12.1 Å². The van der Waals surface area contributed by atoms with Crippen LogP contribution in [0.15, 0.2) is 42.5 Å². The van der Waals surface area contributed by atoms with Gasteiger partial charge in [0.25, 0.3) is 0 Å². The second-order valence-electron chi connectivity index (χ2n) is 3.59. The van der Waals surface area contributed by atoms with Gasteiger partial charge in [-0.05, 0) is 18.4 Å². The SMILES string of the molecule is O=C(OC/C=C/CCc1ccccc1)C(F)(F)F. The topological polar surface area (TPSA) is 26.3 Å². The van der Waals surface area contributed by atoms with Crippen molar-refractivity contribution < 1.29 is 22.7 Å². The molecule has 0 saturated heterocycles. The van der Waals surface area contributed by atoms with Gasteiger partial charge < -0.3 is 4.74 Å². The summed E-state index contributed by atoms with van der Waals surface area (Å²) in [5.74, 6) is -2.16. The highest BCUT2D eigenvalue weighted by Gasteiger charge is 2.40. The van der Waals surface area contributed by atoms with Gasteiger partial charge in [0, 0.05) is 0 Å².